The van der Waals surface area contributed by atoms with Gasteiger partial charge < -0.3 is 10.6 Å². The SMILES string of the molecule is CC1CN=C(N[C@@H]2C[C@H]2c2ccc(F)cc2)N1. The summed E-state index contributed by atoms with van der Waals surface area (Å²) in [6, 6.07) is 7.66. The minimum atomic E-state index is -0.172. The number of rotatable bonds is 2. The molecule has 3 atom stereocenters. The van der Waals surface area contributed by atoms with Crippen LogP contribution in [0.1, 0.15) is 24.8 Å². The number of nitrogens with zero attached hydrogens (tertiary/aromatic N) is 1. The second kappa shape index (κ2) is 4.02. The number of guanidine groups is 1. The van der Waals surface area contributed by atoms with Crippen LogP contribution in [0.2, 0.25) is 0 Å². The van der Waals surface area contributed by atoms with Crippen molar-refractivity contribution in [3.63, 3.8) is 0 Å². The van der Waals surface area contributed by atoms with Gasteiger partial charge >= 0.3 is 0 Å². The van der Waals surface area contributed by atoms with E-state index < -0.39 is 0 Å². The summed E-state index contributed by atoms with van der Waals surface area (Å²) in [5, 5.41) is 6.68. The van der Waals surface area contributed by atoms with E-state index in [0.717, 1.165) is 18.9 Å². The molecule has 0 saturated heterocycles. The second-order valence-corrected chi connectivity index (χ2v) is 4.88. The Balaban J connectivity index is 1.58. The third kappa shape index (κ3) is 2.25. The summed E-state index contributed by atoms with van der Waals surface area (Å²) in [5.41, 5.74) is 1.20. The van der Waals surface area contributed by atoms with Crippen LogP contribution in [-0.4, -0.2) is 24.6 Å². The lowest BCUT2D eigenvalue weighted by Crippen LogP contribution is -2.39. The Morgan fingerprint density at radius 1 is 1.35 bits per heavy atom. The fourth-order valence-corrected chi connectivity index (χ4v) is 2.25. The Kier molecular flexibility index (Phi) is 2.50. The topological polar surface area (TPSA) is 36.4 Å². The van der Waals surface area contributed by atoms with Crippen LogP contribution in [0.5, 0.6) is 0 Å². The summed E-state index contributed by atoms with van der Waals surface area (Å²) < 4.78 is 12.8. The number of aliphatic imine (C=N–C) groups is 1. The van der Waals surface area contributed by atoms with Gasteiger partial charge in [-0.15, -0.1) is 0 Å². The second-order valence-electron chi connectivity index (χ2n) is 4.88. The number of halogens is 1. The van der Waals surface area contributed by atoms with Gasteiger partial charge in [-0.25, -0.2) is 4.39 Å². The van der Waals surface area contributed by atoms with E-state index in [0.29, 0.717) is 18.0 Å². The fraction of sp³-hybridized carbons (Fsp3) is 0.462. The fourth-order valence-electron chi connectivity index (χ4n) is 2.25. The van der Waals surface area contributed by atoms with E-state index in [4.69, 9.17) is 0 Å². The number of hydrogen-bond donors (Lipinski definition) is 2. The first-order valence-electron chi connectivity index (χ1n) is 6.05. The summed E-state index contributed by atoms with van der Waals surface area (Å²) >= 11 is 0. The summed E-state index contributed by atoms with van der Waals surface area (Å²) in [6.07, 6.45) is 1.10. The van der Waals surface area contributed by atoms with E-state index in [9.17, 15) is 4.39 Å². The van der Waals surface area contributed by atoms with E-state index in [1.54, 1.807) is 0 Å². The largest absolute Gasteiger partial charge is 0.353 e. The molecule has 0 spiro atoms. The van der Waals surface area contributed by atoms with Crippen LogP contribution < -0.4 is 10.6 Å². The maximum atomic E-state index is 12.8. The molecule has 1 aromatic rings. The Hall–Kier alpha value is -1.58. The highest BCUT2D eigenvalue weighted by Gasteiger charge is 2.39. The van der Waals surface area contributed by atoms with E-state index in [2.05, 4.69) is 22.5 Å². The average Bonchev–Trinajstić information content (AvgIpc) is 2.94. The molecule has 1 fully saturated rings. The molecule has 3 rings (SSSR count). The van der Waals surface area contributed by atoms with Crippen LogP contribution in [0.4, 0.5) is 4.39 Å². The molecule has 1 aliphatic carbocycles. The van der Waals surface area contributed by atoms with Crippen molar-refractivity contribution in [2.45, 2.75) is 31.3 Å². The number of nitrogens with one attached hydrogen (secondary N) is 2. The molecule has 0 aromatic heterocycles. The van der Waals surface area contributed by atoms with Crippen molar-refractivity contribution < 1.29 is 4.39 Å². The molecule has 0 radical (unpaired) electrons. The van der Waals surface area contributed by atoms with Gasteiger partial charge in [0.15, 0.2) is 5.96 Å². The van der Waals surface area contributed by atoms with Crippen molar-refractivity contribution in [3.8, 4) is 0 Å². The van der Waals surface area contributed by atoms with Gasteiger partial charge in [0.05, 0.1) is 6.54 Å². The van der Waals surface area contributed by atoms with Gasteiger partial charge in [0, 0.05) is 18.0 Å². The highest BCUT2D eigenvalue weighted by molar-refractivity contribution is 5.82. The quantitative estimate of drug-likeness (QED) is 0.814. The maximum absolute atomic E-state index is 12.8. The standard InChI is InChI=1S/C13H16FN3/c1-8-7-15-13(16-8)17-12-6-11(12)9-2-4-10(14)5-3-9/h2-5,8,11-12H,6-7H2,1H3,(H2,15,16,17)/t8?,11-,12+/m0/s1. The molecule has 0 bridgehead atoms. The molecule has 0 amide bonds. The molecule has 1 saturated carbocycles. The molecule has 17 heavy (non-hydrogen) atoms. The molecule has 90 valence electrons. The normalized spacial score (nSPS) is 30.7. The maximum Gasteiger partial charge on any atom is 0.191 e. The lowest BCUT2D eigenvalue weighted by atomic mass is 10.1. The summed E-state index contributed by atoms with van der Waals surface area (Å²) in [5.74, 6) is 1.23. The van der Waals surface area contributed by atoms with Gasteiger partial charge in [0.25, 0.3) is 0 Å². The van der Waals surface area contributed by atoms with Gasteiger partial charge in [-0.05, 0) is 31.0 Å². The van der Waals surface area contributed by atoms with Crippen LogP contribution in [-0.2, 0) is 0 Å². The van der Waals surface area contributed by atoms with Gasteiger partial charge in [0.1, 0.15) is 5.82 Å². The van der Waals surface area contributed by atoms with Crippen LogP contribution in [0.3, 0.4) is 0 Å². The van der Waals surface area contributed by atoms with E-state index >= 15 is 0 Å². The Labute approximate surface area is 100 Å². The summed E-state index contributed by atoms with van der Waals surface area (Å²) in [4.78, 5) is 4.37. The first-order chi connectivity index (χ1) is 8.22. The summed E-state index contributed by atoms with van der Waals surface area (Å²) in [7, 11) is 0. The first kappa shape index (κ1) is 10.6. The van der Waals surface area contributed by atoms with Crippen molar-refractivity contribution in [1.29, 1.82) is 0 Å². The molecule has 2 N–H and O–H groups in total. The Morgan fingerprint density at radius 2 is 2.12 bits per heavy atom. The van der Waals surface area contributed by atoms with Gasteiger partial charge in [0.2, 0.25) is 0 Å². The smallest absolute Gasteiger partial charge is 0.191 e. The van der Waals surface area contributed by atoms with Gasteiger partial charge in [-0.2, -0.15) is 0 Å². The summed E-state index contributed by atoms with van der Waals surface area (Å²) in [6.45, 7) is 2.96. The zero-order valence-electron chi connectivity index (χ0n) is 9.78. The molecule has 4 heteroatoms. The van der Waals surface area contributed by atoms with Crippen molar-refractivity contribution in [1.82, 2.24) is 10.6 Å². The average molecular weight is 233 g/mol. The van der Waals surface area contributed by atoms with Crippen molar-refractivity contribution in [2.75, 3.05) is 6.54 Å². The molecule has 1 aliphatic heterocycles. The third-order valence-electron chi connectivity index (χ3n) is 3.32. The number of hydrogen-bond acceptors (Lipinski definition) is 3. The van der Waals surface area contributed by atoms with Gasteiger partial charge in [-0.1, -0.05) is 12.1 Å². The highest BCUT2D eigenvalue weighted by atomic mass is 19.1. The molecule has 1 heterocycles. The van der Waals surface area contributed by atoms with Crippen LogP contribution in [0.15, 0.2) is 29.3 Å². The number of benzene rings is 1. The minimum absolute atomic E-state index is 0.172. The third-order valence-corrected chi connectivity index (χ3v) is 3.32. The monoisotopic (exact) mass is 233 g/mol. The minimum Gasteiger partial charge on any atom is -0.353 e. The Bertz CT molecular complexity index is 440. The lowest BCUT2D eigenvalue weighted by Gasteiger charge is -2.08. The molecule has 1 aromatic carbocycles. The molecule has 2 aliphatic rings. The van der Waals surface area contributed by atoms with E-state index in [-0.39, 0.29) is 5.82 Å². The molecule has 3 nitrogen and oxygen atoms in total. The highest BCUT2D eigenvalue weighted by Crippen LogP contribution is 2.40. The van der Waals surface area contributed by atoms with E-state index in [1.165, 1.54) is 17.7 Å². The predicted octanol–water partition coefficient (Wildman–Crippen LogP) is 1.62. The lowest BCUT2D eigenvalue weighted by molar-refractivity contribution is 0.627. The van der Waals surface area contributed by atoms with Gasteiger partial charge in [-0.3, -0.25) is 4.99 Å². The van der Waals surface area contributed by atoms with Crippen LogP contribution in [0, 0.1) is 5.82 Å². The van der Waals surface area contributed by atoms with Crippen molar-refractivity contribution in [3.05, 3.63) is 35.6 Å². The first-order valence-corrected chi connectivity index (χ1v) is 6.05. The molecule has 1 unspecified atom stereocenters. The van der Waals surface area contributed by atoms with Crippen LogP contribution >= 0.6 is 0 Å². The Morgan fingerprint density at radius 3 is 2.76 bits per heavy atom. The van der Waals surface area contributed by atoms with Crippen molar-refractivity contribution in [2.24, 2.45) is 4.99 Å². The molecular weight excluding hydrogens is 217 g/mol. The zero-order valence-corrected chi connectivity index (χ0v) is 9.78. The predicted molar refractivity (Wildman–Crippen MR) is 65.6 cm³/mol. The van der Waals surface area contributed by atoms with E-state index in [1.807, 2.05) is 12.1 Å². The van der Waals surface area contributed by atoms with Crippen molar-refractivity contribution >= 4 is 5.96 Å². The molecular formula is C13H16FN3. The zero-order chi connectivity index (χ0) is 11.8. The van der Waals surface area contributed by atoms with Crippen LogP contribution in [0.25, 0.3) is 0 Å².